The number of hydrogen-bond acceptors (Lipinski definition) is 4. The van der Waals surface area contributed by atoms with Crippen LogP contribution in [-0.2, 0) is 10.2 Å². The SMILES string of the molecule is COc1ccc(C(=O)N2CCCCC2)cc1S(=O)(=O)F. The number of nitrogens with zero attached hydrogens (tertiary/aromatic N) is 1. The Labute approximate surface area is 117 Å². The lowest BCUT2D eigenvalue weighted by atomic mass is 10.1. The smallest absolute Gasteiger partial charge is 0.335 e. The van der Waals surface area contributed by atoms with Gasteiger partial charge in [-0.15, -0.1) is 3.89 Å². The number of rotatable bonds is 3. The first-order chi connectivity index (χ1) is 9.43. The van der Waals surface area contributed by atoms with Gasteiger partial charge in [0.05, 0.1) is 7.11 Å². The summed E-state index contributed by atoms with van der Waals surface area (Å²) in [4.78, 5) is 13.3. The number of halogens is 1. The number of carbonyl (C=O) groups is 1. The zero-order valence-electron chi connectivity index (χ0n) is 11.1. The van der Waals surface area contributed by atoms with Crippen molar-refractivity contribution in [2.24, 2.45) is 0 Å². The third-order valence-corrected chi connectivity index (χ3v) is 4.16. The summed E-state index contributed by atoms with van der Waals surface area (Å²) in [5.74, 6) is -0.389. The predicted molar refractivity (Wildman–Crippen MR) is 71.0 cm³/mol. The van der Waals surface area contributed by atoms with Crippen molar-refractivity contribution in [2.45, 2.75) is 24.2 Å². The Morgan fingerprint density at radius 2 is 1.90 bits per heavy atom. The second-order valence-corrected chi connectivity index (χ2v) is 5.97. The standard InChI is InChI=1S/C13H16FNO4S/c1-19-11-6-5-10(9-12(11)20(14,17)18)13(16)15-7-3-2-4-8-15/h5-6,9H,2-4,7-8H2,1H3. The Morgan fingerprint density at radius 3 is 2.45 bits per heavy atom. The van der Waals surface area contributed by atoms with Gasteiger partial charge >= 0.3 is 10.2 Å². The number of likely N-dealkylation sites (tertiary alicyclic amines) is 1. The monoisotopic (exact) mass is 301 g/mol. The van der Waals surface area contributed by atoms with Crippen LogP contribution in [0.3, 0.4) is 0 Å². The molecule has 0 unspecified atom stereocenters. The summed E-state index contributed by atoms with van der Waals surface area (Å²) >= 11 is 0. The Morgan fingerprint density at radius 1 is 1.25 bits per heavy atom. The lowest BCUT2D eigenvalue weighted by Gasteiger charge is -2.26. The summed E-state index contributed by atoms with van der Waals surface area (Å²) in [7, 11) is -3.68. The molecule has 0 aliphatic carbocycles. The van der Waals surface area contributed by atoms with Gasteiger partial charge in [-0.05, 0) is 37.5 Å². The molecule has 2 rings (SSSR count). The summed E-state index contributed by atoms with van der Waals surface area (Å²) in [5.41, 5.74) is 0.156. The maximum atomic E-state index is 13.2. The van der Waals surface area contributed by atoms with E-state index in [1.54, 1.807) is 4.90 Å². The molecular weight excluding hydrogens is 285 g/mol. The molecule has 20 heavy (non-hydrogen) atoms. The van der Waals surface area contributed by atoms with Crippen molar-refractivity contribution in [2.75, 3.05) is 20.2 Å². The van der Waals surface area contributed by atoms with E-state index in [9.17, 15) is 17.1 Å². The number of benzene rings is 1. The average Bonchev–Trinajstić information content (AvgIpc) is 2.46. The van der Waals surface area contributed by atoms with E-state index in [1.807, 2.05) is 0 Å². The van der Waals surface area contributed by atoms with Crippen LogP contribution >= 0.6 is 0 Å². The van der Waals surface area contributed by atoms with E-state index in [-0.39, 0.29) is 17.2 Å². The third-order valence-electron chi connectivity index (χ3n) is 3.32. The van der Waals surface area contributed by atoms with Gasteiger partial charge in [-0.1, -0.05) is 0 Å². The first-order valence-corrected chi connectivity index (χ1v) is 7.74. The van der Waals surface area contributed by atoms with Crippen LogP contribution in [0.5, 0.6) is 5.75 Å². The van der Waals surface area contributed by atoms with E-state index < -0.39 is 15.1 Å². The van der Waals surface area contributed by atoms with Crippen LogP contribution in [0, 0.1) is 0 Å². The van der Waals surface area contributed by atoms with Gasteiger partial charge in [0.25, 0.3) is 5.91 Å². The highest BCUT2D eigenvalue weighted by Crippen LogP contribution is 2.27. The van der Waals surface area contributed by atoms with E-state index >= 15 is 0 Å². The van der Waals surface area contributed by atoms with Crippen LogP contribution in [0.4, 0.5) is 3.89 Å². The third kappa shape index (κ3) is 3.09. The quantitative estimate of drug-likeness (QED) is 0.801. The number of ether oxygens (including phenoxy) is 1. The lowest BCUT2D eigenvalue weighted by Crippen LogP contribution is -2.35. The highest BCUT2D eigenvalue weighted by atomic mass is 32.3. The zero-order valence-corrected chi connectivity index (χ0v) is 12.0. The molecule has 1 amide bonds. The highest BCUT2D eigenvalue weighted by molar-refractivity contribution is 7.86. The molecule has 0 saturated carbocycles. The average molecular weight is 301 g/mol. The molecule has 1 aromatic rings. The minimum absolute atomic E-state index is 0.109. The molecule has 0 atom stereocenters. The summed E-state index contributed by atoms with van der Waals surface area (Å²) in [6.07, 6.45) is 2.93. The molecule has 5 nitrogen and oxygen atoms in total. The van der Waals surface area contributed by atoms with Crippen LogP contribution in [-0.4, -0.2) is 39.4 Å². The molecule has 1 aromatic carbocycles. The normalized spacial score (nSPS) is 16.0. The van der Waals surface area contributed by atoms with Crippen molar-refractivity contribution in [1.29, 1.82) is 0 Å². The van der Waals surface area contributed by atoms with Crippen molar-refractivity contribution >= 4 is 16.1 Å². The molecule has 0 aromatic heterocycles. The molecule has 1 heterocycles. The minimum Gasteiger partial charge on any atom is -0.495 e. The van der Waals surface area contributed by atoms with E-state index in [2.05, 4.69) is 0 Å². The fraction of sp³-hybridized carbons (Fsp3) is 0.462. The van der Waals surface area contributed by atoms with Crippen LogP contribution in [0.1, 0.15) is 29.6 Å². The first-order valence-electron chi connectivity index (χ1n) is 6.35. The Hall–Kier alpha value is -1.63. The van der Waals surface area contributed by atoms with Gasteiger partial charge < -0.3 is 9.64 Å². The molecule has 7 heteroatoms. The topological polar surface area (TPSA) is 63.7 Å². The zero-order chi connectivity index (χ0) is 14.8. The van der Waals surface area contributed by atoms with E-state index in [0.29, 0.717) is 13.1 Å². The van der Waals surface area contributed by atoms with Crippen LogP contribution in [0.25, 0.3) is 0 Å². The maximum absolute atomic E-state index is 13.2. The molecule has 110 valence electrons. The molecule has 0 N–H and O–H groups in total. The number of amides is 1. The van der Waals surface area contributed by atoms with Gasteiger partial charge in [0.1, 0.15) is 10.6 Å². The molecule has 1 saturated heterocycles. The Bertz CT molecular complexity index is 609. The number of piperidine rings is 1. The molecule has 0 spiro atoms. The van der Waals surface area contributed by atoms with Crippen molar-refractivity contribution in [3.63, 3.8) is 0 Å². The van der Waals surface area contributed by atoms with Gasteiger partial charge in [0.15, 0.2) is 0 Å². The van der Waals surface area contributed by atoms with Crippen LogP contribution in [0.2, 0.25) is 0 Å². The molecule has 1 aliphatic heterocycles. The number of carbonyl (C=O) groups excluding carboxylic acids is 1. The molecule has 1 fully saturated rings. The summed E-state index contributed by atoms with van der Waals surface area (Å²) in [6.45, 7) is 1.28. The van der Waals surface area contributed by atoms with Gasteiger partial charge in [0.2, 0.25) is 0 Å². The second kappa shape index (κ2) is 5.78. The Balaban J connectivity index is 2.35. The predicted octanol–water partition coefficient (Wildman–Crippen LogP) is 1.98. The van der Waals surface area contributed by atoms with E-state index in [4.69, 9.17) is 4.74 Å². The summed E-state index contributed by atoms with van der Waals surface area (Å²) in [5, 5.41) is 0. The molecule has 1 aliphatic rings. The Kier molecular flexibility index (Phi) is 4.27. The van der Waals surface area contributed by atoms with Gasteiger partial charge in [-0.3, -0.25) is 4.79 Å². The summed E-state index contributed by atoms with van der Waals surface area (Å²) in [6, 6.07) is 3.78. The molecule has 0 bridgehead atoms. The van der Waals surface area contributed by atoms with E-state index in [0.717, 1.165) is 25.3 Å². The van der Waals surface area contributed by atoms with Crippen molar-refractivity contribution in [3.05, 3.63) is 23.8 Å². The second-order valence-electron chi connectivity index (χ2n) is 4.66. The molecule has 0 radical (unpaired) electrons. The highest BCUT2D eigenvalue weighted by Gasteiger charge is 2.23. The number of methoxy groups -OCH3 is 1. The van der Waals surface area contributed by atoms with E-state index in [1.165, 1.54) is 19.2 Å². The first kappa shape index (κ1) is 14.8. The molecular formula is C13H16FNO4S. The van der Waals surface area contributed by atoms with Crippen molar-refractivity contribution < 1.29 is 21.8 Å². The lowest BCUT2D eigenvalue weighted by molar-refractivity contribution is 0.0724. The maximum Gasteiger partial charge on any atom is 0.335 e. The fourth-order valence-corrected chi connectivity index (χ4v) is 2.94. The van der Waals surface area contributed by atoms with Gasteiger partial charge in [-0.25, -0.2) is 0 Å². The van der Waals surface area contributed by atoms with Gasteiger partial charge in [-0.2, -0.15) is 8.42 Å². The van der Waals surface area contributed by atoms with Crippen LogP contribution < -0.4 is 4.74 Å². The minimum atomic E-state index is -4.93. The van der Waals surface area contributed by atoms with Gasteiger partial charge in [0, 0.05) is 18.7 Å². The largest absolute Gasteiger partial charge is 0.495 e. The van der Waals surface area contributed by atoms with Crippen molar-refractivity contribution in [3.8, 4) is 5.75 Å². The fourth-order valence-electron chi connectivity index (χ4n) is 2.28. The van der Waals surface area contributed by atoms with Crippen molar-refractivity contribution in [1.82, 2.24) is 4.90 Å². The number of hydrogen-bond donors (Lipinski definition) is 0. The van der Waals surface area contributed by atoms with Crippen LogP contribution in [0.15, 0.2) is 23.1 Å². The summed E-state index contributed by atoms with van der Waals surface area (Å²) < 4.78 is 40.2.